The normalized spacial score (nSPS) is 17.7. The van der Waals surface area contributed by atoms with Crippen LogP contribution in [0.15, 0.2) is 48.8 Å². The lowest BCUT2D eigenvalue weighted by Gasteiger charge is -2.41. The number of carbonyl (C=O) groups excluding carboxylic acids is 1. The average molecular weight is 605 g/mol. The van der Waals surface area contributed by atoms with Crippen LogP contribution in [0.5, 0.6) is 5.75 Å². The maximum atomic E-state index is 13.7. The molecule has 2 heterocycles. The first kappa shape index (κ1) is 30.6. The summed E-state index contributed by atoms with van der Waals surface area (Å²) in [6, 6.07) is 11.8. The molecule has 1 amide bonds. The van der Waals surface area contributed by atoms with Crippen molar-refractivity contribution >= 4 is 31.1 Å². The first-order chi connectivity index (χ1) is 20.4. The van der Waals surface area contributed by atoms with Gasteiger partial charge in [-0.3, -0.25) is 4.79 Å². The van der Waals surface area contributed by atoms with Gasteiger partial charge in [0.1, 0.15) is 29.4 Å². The van der Waals surface area contributed by atoms with E-state index in [1.165, 1.54) is 31.6 Å². The van der Waals surface area contributed by atoms with Gasteiger partial charge in [0.05, 0.1) is 24.1 Å². The van der Waals surface area contributed by atoms with Gasteiger partial charge >= 0.3 is 0 Å². The summed E-state index contributed by atoms with van der Waals surface area (Å²) in [6.45, 7) is 11.7. The fraction of sp³-hybridized carbons (Fsp3) is 0.438. The van der Waals surface area contributed by atoms with Crippen LogP contribution >= 0.6 is 0 Å². The number of methoxy groups -OCH3 is 1. The zero-order chi connectivity index (χ0) is 30.9. The number of carbonyl (C=O) groups is 1. The van der Waals surface area contributed by atoms with Crippen molar-refractivity contribution in [1.29, 1.82) is 0 Å². The van der Waals surface area contributed by atoms with Crippen molar-refractivity contribution in [1.82, 2.24) is 25.1 Å². The Balaban J connectivity index is 1.36. The second-order valence-corrected chi connectivity index (χ2v) is 17.6. The molecule has 5 rings (SSSR count). The minimum atomic E-state index is -1.90. The first-order valence-electron chi connectivity index (χ1n) is 14.8. The fourth-order valence-corrected chi connectivity index (χ4v) is 6.81. The molecule has 0 spiro atoms. The molecule has 1 aliphatic carbocycles. The summed E-state index contributed by atoms with van der Waals surface area (Å²) in [5, 5.41) is 8.78. The van der Waals surface area contributed by atoms with Crippen LogP contribution in [-0.2, 0) is 11.0 Å². The molecule has 9 nitrogen and oxygen atoms in total. The van der Waals surface area contributed by atoms with Gasteiger partial charge in [-0.25, -0.2) is 19.0 Å². The van der Waals surface area contributed by atoms with E-state index in [0.717, 1.165) is 53.5 Å². The maximum Gasteiger partial charge on any atom is 0.255 e. The molecule has 0 radical (unpaired) electrons. The highest BCUT2D eigenvalue weighted by Crippen LogP contribution is 2.41. The number of nitrogens with two attached hydrogens (primary N) is 1. The molecule has 0 saturated heterocycles. The molecule has 3 N–H and O–H groups in total. The molecule has 2 aromatic carbocycles. The van der Waals surface area contributed by atoms with E-state index in [4.69, 9.17) is 20.0 Å². The highest BCUT2D eigenvalue weighted by molar-refractivity contribution is 6.74. The molecule has 4 aromatic rings. The Kier molecular flexibility index (Phi) is 8.58. The van der Waals surface area contributed by atoms with E-state index in [9.17, 15) is 9.18 Å². The summed E-state index contributed by atoms with van der Waals surface area (Å²) in [6.07, 6.45) is 5.65. The standard InChI is InChI=1S/C32H41FN6O3Si/c1-32(2,3)43(5,6)42-24-9-7-8-23(17-24)39-30-27(29(34)36-19-37-30)28(38-39)21-12-10-20(11-13-21)18-35-31(40)25-16-22(33)14-15-26(25)41-4/h10-16,19,23-24H,7-9,17-18H2,1-6H3,(H,35,40)(H2,34,36,37)/t23-,24-/m1/s1. The predicted molar refractivity (Wildman–Crippen MR) is 169 cm³/mol. The van der Waals surface area contributed by atoms with E-state index in [1.54, 1.807) is 0 Å². The zero-order valence-electron chi connectivity index (χ0n) is 25.8. The third-order valence-corrected chi connectivity index (χ3v) is 13.4. The maximum absolute atomic E-state index is 13.7. The second kappa shape index (κ2) is 12.0. The van der Waals surface area contributed by atoms with Crippen LogP contribution in [0.2, 0.25) is 18.1 Å². The third kappa shape index (κ3) is 6.42. The molecule has 0 bridgehead atoms. The Morgan fingerprint density at radius 2 is 1.88 bits per heavy atom. The van der Waals surface area contributed by atoms with Crippen molar-refractivity contribution in [2.75, 3.05) is 12.8 Å². The molecule has 43 heavy (non-hydrogen) atoms. The lowest BCUT2D eigenvalue weighted by atomic mass is 9.93. The number of hydrogen-bond acceptors (Lipinski definition) is 7. The van der Waals surface area contributed by atoms with Crippen LogP contribution in [0, 0.1) is 5.82 Å². The van der Waals surface area contributed by atoms with Gasteiger partial charge in [-0.1, -0.05) is 45.0 Å². The summed E-state index contributed by atoms with van der Waals surface area (Å²) < 4.78 is 27.8. The summed E-state index contributed by atoms with van der Waals surface area (Å²) in [5.74, 6) is -0.223. The average Bonchev–Trinajstić information content (AvgIpc) is 3.36. The van der Waals surface area contributed by atoms with Gasteiger partial charge in [0, 0.05) is 18.2 Å². The summed E-state index contributed by atoms with van der Waals surface area (Å²) in [7, 11) is -0.458. The van der Waals surface area contributed by atoms with E-state index in [-0.39, 0.29) is 29.3 Å². The number of amides is 1. The van der Waals surface area contributed by atoms with E-state index in [1.807, 2.05) is 28.9 Å². The molecule has 228 valence electrons. The molecule has 1 saturated carbocycles. The predicted octanol–water partition coefficient (Wildman–Crippen LogP) is 6.66. The van der Waals surface area contributed by atoms with Gasteiger partial charge < -0.3 is 20.2 Å². The minimum absolute atomic E-state index is 0.142. The first-order valence-corrected chi connectivity index (χ1v) is 17.7. The Hall–Kier alpha value is -3.83. The van der Waals surface area contributed by atoms with Crippen molar-refractivity contribution in [2.24, 2.45) is 0 Å². The molecule has 2 aromatic heterocycles. The number of nitrogens with zero attached hydrogens (tertiary/aromatic N) is 4. The summed E-state index contributed by atoms with van der Waals surface area (Å²) in [4.78, 5) is 21.6. The third-order valence-electron chi connectivity index (χ3n) is 8.82. The van der Waals surface area contributed by atoms with E-state index < -0.39 is 20.0 Å². The largest absolute Gasteiger partial charge is 0.496 e. The lowest BCUT2D eigenvalue weighted by molar-refractivity contribution is 0.0947. The SMILES string of the molecule is COc1ccc(F)cc1C(=O)NCc1ccc(-c2nn([C@@H]3CCC[C@@H](O[Si](C)(C)C(C)(C)C)C3)c3ncnc(N)c23)cc1. The molecule has 2 atom stereocenters. The monoisotopic (exact) mass is 604 g/mol. The number of nitrogen functional groups attached to an aromatic ring is 1. The Labute approximate surface area is 253 Å². The van der Waals surface area contributed by atoms with Crippen molar-refractivity contribution in [3.8, 4) is 17.0 Å². The van der Waals surface area contributed by atoms with Crippen LogP contribution < -0.4 is 15.8 Å². The Morgan fingerprint density at radius 1 is 1.14 bits per heavy atom. The van der Waals surface area contributed by atoms with Crippen molar-refractivity contribution in [3.63, 3.8) is 0 Å². The van der Waals surface area contributed by atoms with Gasteiger partial charge in [-0.05, 0) is 67.6 Å². The number of hydrogen-bond donors (Lipinski definition) is 2. The molecule has 0 unspecified atom stereocenters. The van der Waals surface area contributed by atoms with E-state index in [2.05, 4.69) is 49.1 Å². The molecular weight excluding hydrogens is 563 g/mol. The van der Waals surface area contributed by atoms with Gasteiger partial charge in [-0.15, -0.1) is 0 Å². The van der Waals surface area contributed by atoms with E-state index in [0.29, 0.717) is 11.6 Å². The van der Waals surface area contributed by atoms with Crippen LogP contribution in [-0.4, -0.2) is 47.2 Å². The number of aromatic nitrogens is 4. The van der Waals surface area contributed by atoms with E-state index >= 15 is 0 Å². The molecule has 1 aliphatic rings. The van der Waals surface area contributed by atoms with Gasteiger partial charge in [-0.2, -0.15) is 5.10 Å². The number of rotatable bonds is 8. The molecule has 0 aliphatic heterocycles. The topological polar surface area (TPSA) is 117 Å². The van der Waals surface area contributed by atoms with Crippen molar-refractivity contribution in [3.05, 3.63) is 65.7 Å². The zero-order valence-corrected chi connectivity index (χ0v) is 26.8. The van der Waals surface area contributed by atoms with Crippen LogP contribution in [0.25, 0.3) is 22.3 Å². The fourth-order valence-electron chi connectivity index (χ4n) is 5.41. The second-order valence-electron chi connectivity index (χ2n) is 12.8. The number of fused-ring (bicyclic) bond motifs is 1. The van der Waals surface area contributed by atoms with Crippen LogP contribution in [0.4, 0.5) is 10.2 Å². The van der Waals surface area contributed by atoms with Gasteiger partial charge in [0.15, 0.2) is 14.0 Å². The number of benzene rings is 2. The molecule has 1 fully saturated rings. The van der Waals surface area contributed by atoms with Gasteiger partial charge in [0.2, 0.25) is 0 Å². The Morgan fingerprint density at radius 3 is 2.58 bits per heavy atom. The number of anilines is 1. The van der Waals surface area contributed by atoms with Crippen LogP contribution in [0.1, 0.15) is 68.4 Å². The summed E-state index contributed by atoms with van der Waals surface area (Å²) in [5.41, 5.74) is 9.72. The molecule has 11 heteroatoms. The Bertz CT molecular complexity index is 1620. The number of ether oxygens (including phenoxy) is 1. The highest BCUT2D eigenvalue weighted by Gasteiger charge is 2.40. The highest BCUT2D eigenvalue weighted by atomic mass is 28.4. The van der Waals surface area contributed by atoms with Gasteiger partial charge in [0.25, 0.3) is 5.91 Å². The van der Waals surface area contributed by atoms with Crippen molar-refractivity contribution in [2.45, 2.75) is 83.3 Å². The quantitative estimate of drug-likeness (QED) is 0.216. The number of halogens is 1. The van der Waals surface area contributed by atoms with Crippen LogP contribution in [0.3, 0.4) is 0 Å². The van der Waals surface area contributed by atoms with Crippen molar-refractivity contribution < 1.29 is 18.3 Å². The number of nitrogens with one attached hydrogen (secondary N) is 1. The minimum Gasteiger partial charge on any atom is -0.496 e. The lowest BCUT2D eigenvalue weighted by Crippen LogP contribution is -2.45. The summed E-state index contributed by atoms with van der Waals surface area (Å²) >= 11 is 0. The molecular formula is C32H41FN6O3Si. The smallest absolute Gasteiger partial charge is 0.255 e.